The maximum Gasteiger partial charge on any atom is 0.194 e. The third-order valence-corrected chi connectivity index (χ3v) is 6.21. The largest absolute Gasteiger partial charge is 0.331 e. The molecule has 2 heterocycles. The lowest BCUT2D eigenvalue weighted by Gasteiger charge is -2.07. The number of halogens is 1. The van der Waals surface area contributed by atoms with E-state index in [0.717, 1.165) is 0 Å². The molecular weight excluding hydrogens is 383 g/mol. The third kappa shape index (κ3) is 4.09. The van der Waals surface area contributed by atoms with E-state index in [1.54, 1.807) is 24.6 Å². The van der Waals surface area contributed by atoms with E-state index in [1.165, 1.54) is 41.7 Å². The third-order valence-electron chi connectivity index (χ3n) is 3.11. The van der Waals surface area contributed by atoms with Crippen LogP contribution < -0.4 is 10.0 Å². The van der Waals surface area contributed by atoms with Gasteiger partial charge in [-0.15, -0.1) is 11.3 Å². The van der Waals surface area contributed by atoms with Crippen LogP contribution in [0.25, 0.3) is 0 Å². The molecule has 1 unspecified atom stereocenters. The smallest absolute Gasteiger partial charge is 0.194 e. The van der Waals surface area contributed by atoms with Crippen LogP contribution >= 0.6 is 22.7 Å². The van der Waals surface area contributed by atoms with Gasteiger partial charge >= 0.3 is 0 Å². The van der Waals surface area contributed by atoms with Crippen LogP contribution in [-0.4, -0.2) is 20.0 Å². The Morgan fingerprint density at radius 2 is 2.12 bits per heavy atom. The molecule has 0 aliphatic rings. The van der Waals surface area contributed by atoms with Gasteiger partial charge in [0.25, 0.3) is 0 Å². The molecule has 0 fully saturated rings. The number of anilines is 3. The fourth-order valence-corrected chi connectivity index (χ4v) is 4.46. The molecule has 3 rings (SSSR count). The summed E-state index contributed by atoms with van der Waals surface area (Å²) in [5.74, 6) is -0.680. The van der Waals surface area contributed by atoms with E-state index in [1.807, 2.05) is 0 Å². The Bertz CT molecular complexity index is 940. The molecule has 130 valence electrons. The Hall–Kier alpha value is -2.17. The fourth-order valence-electron chi connectivity index (χ4n) is 2.04. The molecule has 1 aromatic carbocycles. The van der Waals surface area contributed by atoms with E-state index < -0.39 is 16.8 Å². The fraction of sp³-hybridized carbons (Fsp3) is 0.133. The van der Waals surface area contributed by atoms with Crippen molar-refractivity contribution in [3.63, 3.8) is 0 Å². The van der Waals surface area contributed by atoms with Crippen molar-refractivity contribution in [3.8, 4) is 0 Å². The Balaban J connectivity index is 1.76. The summed E-state index contributed by atoms with van der Waals surface area (Å²) in [6.07, 6.45) is 1.57. The molecule has 0 aliphatic carbocycles. The Morgan fingerprint density at radius 1 is 1.32 bits per heavy atom. The number of Topliss-reactive ketones (excluding diaryl/α,β-unsaturated/α-hetero) is 1. The molecule has 6 nitrogen and oxygen atoms in total. The van der Waals surface area contributed by atoms with E-state index in [-0.39, 0.29) is 10.7 Å². The zero-order valence-electron chi connectivity index (χ0n) is 13.2. The number of hydrogen-bond acceptors (Lipinski definition) is 7. The highest BCUT2D eigenvalue weighted by atomic mass is 32.2. The van der Waals surface area contributed by atoms with Crippen molar-refractivity contribution in [1.82, 2.24) is 9.97 Å². The van der Waals surface area contributed by atoms with Crippen LogP contribution in [0.3, 0.4) is 0 Å². The highest BCUT2D eigenvalue weighted by Gasteiger charge is 2.14. The Kier molecular flexibility index (Phi) is 5.21. The molecule has 2 N–H and O–H groups in total. The lowest BCUT2D eigenvalue weighted by molar-refractivity contribution is 0.102. The van der Waals surface area contributed by atoms with E-state index in [2.05, 4.69) is 20.0 Å². The first-order chi connectivity index (χ1) is 11.9. The molecule has 0 amide bonds. The van der Waals surface area contributed by atoms with Gasteiger partial charge in [-0.05, 0) is 25.1 Å². The summed E-state index contributed by atoms with van der Waals surface area (Å²) in [5, 5.41) is 5.64. The average Bonchev–Trinajstić information content (AvgIpc) is 3.17. The van der Waals surface area contributed by atoms with Gasteiger partial charge < -0.3 is 5.32 Å². The number of benzene rings is 1. The molecule has 2 aromatic heterocycles. The summed E-state index contributed by atoms with van der Waals surface area (Å²) in [5.41, 5.74) is 1.09. The summed E-state index contributed by atoms with van der Waals surface area (Å²) in [4.78, 5) is 20.3. The summed E-state index contributed by atoms with van der Waals surface area (Å²) >= 11 is 2.49. The number of aromatic nitrogens is 2. The SMILES string of the molecule is CC(=O)c1sc(Nc2ccc(S(=O)Nc3nccs3)c(F)c2)nc1C. The van der Waals surface area contributed by atoms with Crippen molar-refractivity contribution in [2.45, 2.75) is 18.7 Å². The van der Waals surface area contributed by atoms with Crippen molar-refractivity contribution in [3.05, 3.63) is 46.2 Å². The van der Waals surface area contributed by atoms with Crippen molar-refractivity contribution >= 4 is 55.4 Å². The minimum absolute atomic E-state index is 0.0282. The standard InChI is InChI=1S/C15H13FN4O2S3/c1-8-13(9(2)21)24-15(18-8)19-10-3-4-12(11(16)7-10)25(22)20-14-17-5-6-23-14/h3-7H,1-2H3,(H,17,20)(H,18,19). The zero-order chi connectivity index (χ0) is 18.0. The molecule has 0 spiro atoms. The monoisotopic (exact) mass is 396 g/mol. The zero-order valence-corrected chi connectivity index (χ0v) is 15.6. The van der Waals surface area contributed by atoms with Gasteiger partial charge in [0.15, 0.2) is 27.0 Å². The number of carbonyl (C=O) groups excluding carboxylic acids is 1. The lowest BCUT2D eigenvalue weighted by Crippen LogP contribution is -2.06. The summed E-state index contributed by atoms with van der Waals surface area (Å²) in [6.45, 7) is 3.22. The van der Waals surface area contributed by atoms with Crippen molar-refractivity contribution in [2.75, 3.05) is 10.0 Å². The second kappa shape index (κ2) is 7.38. The molecule has 1 atom stereocenters. The highest BCUT2D eigenvalue weighted by Crippen LogP contribution is 2.27. The number of aryl methyl sites for hydroxylation is 1. The number of hydrogen-bond donors (Lipinski definition) is 2. The van der Waals surface area contributed by atoms with E-state index >= 15 is 0 Å². The van der Waals surface area contributed by atoms with Crippen LogP contribution in [0.4, 0.5) is 20.3 Å². The molecule has 0 saturated carbocycles. The molecule has 0 saturated heterocycles. The van der Waals surface area contributed by atoms with Crippen molar-refractivity contribution in [2.24, 2.45) is 0 Å². The minimum atomic E-state index is -1.75. The number of thiazole rings is 2. The second-order valence-corrected chi connectivity index (χ2v) is 8.04. The van der Waals surface area contributed by atoms with Gasteiger partial charge in [0.05, 0.1) is 15.5 Å². The maximum absolute atomic E-state index is 14.3. The van der Waals surface area contributed by atoms with Gasteiger partial charge in [0, 0.05) is 24.2 Å². The molecule has 0 bridgehead atoms. The van der Waals surface area contributed by atoms with Crippen LogP contribution in [0.15, 0.2) is 34.7 Å². The topological polar surface area (TPSA) is 84.0 Å². The number of rotatable bonds is 6. The lowest BCUT2D eigenvalue weighted by atomic mass is 10.3. The predicted octanol–water partition coefficient (Wildman–Crippen LogP) is 4.13. The van der Waals surface area contributed by atoms with E-state index in [4.69, 9.17) is 0 Å². The van der Waals surface area contributed by atoms with E-state index in [9.17, 15) is 13.4 Å². The number of nitrogens with zero attached hydrogens (tertiary/aromatic N) is 2. The van der Waals surface area contributed by atoms with Gasteiger partial charge in [-0.25, -0.2) is 18.6 Å². The molecule has 3 aromatic rings. The van der Waals surface area contributed by atoms with Crippen molar-refractivity contribution in [1.29, 1.82) is 0 Å². The molecule has 10 heteroatoms. The number of carbonyl (C=O) groups is 1. The van der Waals surface area contributed by atoms with Gasteiger partial charge in [0.1, 0.15) is 5.82 Å². The number of nitrogens with one attached hydrogen (secondary N) is 2. The van der Waals surface area contributed by atoms with Gasteiger partial charge in [-0.2, -0.15) is 0 Å². The Morgan fingerprint density at radius 3 is 2.72 bits per heavy atom. The normalized spacial score (nSPS) is 12.0. The number of ketones is 1. The Labute approximate surface area is 153 Å². The molecule has 0 radical (unpaired) electrons. The van der Waals surface area contributed by atoms with Crippen LogP contribution in [0.2, 0.25) is 0 Å². The first kappa shape index (κ1) is 17.6. The summed E-state index contributed by atoms with van der Waals surface area (Å²) < 4.78 is 29.1. The van der Waals surface area contributed by atoms with Gasteiger partial charge in [-0.1, -0.05) is 11.3 Å². The first-order valence-corrected chi connectivity index (χ1v) is 9.91. The van der Waals surface area contributed by atoms with Crippen molar-refractivity contribution < 1.29 is 13.4 Å². The van der Waals surface area contributed by atoms with Crippen LogP contribution in [0, 0.1) is 12.7 Å². The maximum atomic E-state index is 14.3. The molecule has 25 heavy (non-hydrogen) atoms. The van der Waals surface area contributed by atoms with E-state index in [0.29, 0.717) is 26.5 Å². The van der Waals surface area contributed by atoms with Gasteiger partial charge in [0.2, 0.25) is 0 Å². The quantitative estimate of drug-likeness (QED) is 0.612. The predicted molar refractivity (Wildman–Crippen MR) is 98.7 cm³/mol. The van der Waals surface area contributed by atoms with Crippen LogP contribution in [0.1, 0.15) is 22.3 Å². The highest BCUT2D eigenvalue weighted by molar-refractivity contribution is 7.86. The summed E-state index contributed by atoms with van der Waals surface area (Å²) in [7, 11) is -1.75. The molecular formula is C15H13FN4O2S3. The minimum Gasteiger partial charge on any atom is -0.331 e. The molecule has 0 aliphatic heterocycles. The van der Waals surface area contributed by atoms with Crippen LogP contribution in [-0.2, 0) is 11.0 Å². The average molecular weight is 396 g/mol. The van der Waals surface area contributed by atoms with Crippen LogP contribution in [0.5, 0.6) is 0 Å². The second-order valence-electron chi connectivity index (χ2n) is 4.97. The van der Waals surface area contributed by atoms with Gasteiger partial charge in [-0.3, -0.25) is 9.52 Å². The first-order valence-electron chi connectivity index (χ1n) is 7.07. The summed E-state index contributed by atoms with van der Waals surface area (Å²) in [6, 6.07) is 4.27.